The van der Waals surface area contributed by atoms with Crippen LogP contribution in [0.4, 0.5) is 0 Å². The SMILES string of the molecule is CCC(CC#N)N1CC(C(N)=O)CCC1C. The van der Waals surface area contributed by atoms with Crippen LogP contribution in [0.15, 0.2) is 0 Å². The van der Waals surface area contributed by atoms with E-state index in [2.05, 4.69) is 24.8 Å². The highest BCUT2D eigenvalue weighted by molar-refractivity contribution is 5.77. The minimum atomic E-state index is -0.205. The van der Waals surface area contributed by atoms with E-state index >= 15 is 0 Å². The summed E-state index contributed by atoms with van der Waals surface area (Å²) in [6.07, 6.45) is 3.36. The van der Waals surface area contributed by atoms with E-state index in [1.807, 2.05) is 0 Å². The van der Waals surface area contributed by atoms with Crippen molar-refractivity contribution in [1.82, 2.24) is 4.90 Å². The monoisotopic (exact) mass is 223 g/mol. The topological polar surface area (TPSA) is 70.1 Å². The van der Waals surface area contributed by atoms with Crippen LogP contribution in [0.3, 0.4) is 0 Å². The number of likely N-dealkylation sites (tertiary alicyclic amines) is 1. The molecule has 2 N–H and O–H groups in total. The molecular weight excluding hydrogens is 202 g/mol. The number of carbonyl (C=O) groups is 1. The van der Waals surface area contributed by atoms with Crippen molar-refractivity contribution in [3.8, 4) is 6.07 Å². The summed E-state index contributed by atoms with van der Waals surface area (Å²) < 4.78 is 0. The van der Waals surface area contributed by atoms with E-state index in [1.165, 1.54) is 0 Å². The minimum Gasteiger partial charge on any atom is -0.369 e. The molecule has 1 heterocycles. The Kier molecular flexibility index (Phi) is 4.75. The fraction of sp³-hybridized carbons (Fsp3) is 0.833. The molecule has 3 atom stereocenters. The molecule has 0 aromatic carbocycles. The van der Waals surface area contributed by atoms with E-state index in [9.17, 15) is 4.79 Å². The minimum absolute atomic E-state index is 0.0380. The Morgan fingerprint density at radius 2 is 2.31 bits per heavy atom. The lowest BCUT2D eigenvalue weighted by atomic mass is 9.90. The number of nitrogens with two attached hydrogens (primary N) is 1. The highest BCUT2D eigenvalue weighted by Crippen LogP contribution is 2.25. The van der Waals surface area contributed by atoms with Crippen LogP contribution in [0.1, 0.15) is 39.5 Å². The van der Waals surface area contributed by atoms with Crippen LogP contribution in [-0.2, 0) is 4.79 Å². The second-order valence-electron chi connectivity index (χ2n) is 4.65. The second kappa shape index (κ2) is 5.86. The van der Waals surface area contributed by atoms with Crippen LogP contribution in [0.2, 0.25) is 0 Å². The zero-order chi connectivity index (χ0) is 12.1. The number of rotatable bonds is 4. The lowest BCUT2D eigenvalue weighted by Gasteiger charge is -2.41. The Morgan fingerprint density at radius 3 is 2.81 bits per heavy atom. The van der Waals surface area contributed by atoms with Crippen molar-refractivity contribution in [2.45, 2.75) is 51.6 Å². The van der Waals surface area contributed by atoms with Crippen LogP contribution < -0.4 is 5.73 Å². The molecule has 0 aromatic heterocycles. The molecule has 90 valence electrons. The molecule has 0 bridgehead atoms. The number of primary amides is 1. The molecule has 1 aliphatic rings. The summed E-state index contributed by atoms with van der Waals surface area (Å²) >= 11 is 0. The first-order valence-electron chi connectivity index (χ1n) is 6.02. The van der Waals surface area contributed by atoms with Crippen LogP contribution in [0, 0.1) is 17.2 Å². The van der Waals surface area contributed by atoms with Gasteiger partial charge < -0.3 is 5.73 Å². The number of hydrogen-bond donors (Lipinski definition) is 1. The van der Waals surface area contributed by atoms with E-state index in [0.29, 0.717) is 12.5 Å². The fourth-order valence-corrected chi connectivity index (χ4v) is 2.48. The maximum atomic E-state index is 11.2. The van der Waals surface area contributed by atoms with Gasteiger partial charge in [-0.2, -0.15) is 5.26 Å². The van der Waals surface area contributed by atoms with E-state index < -0.39 is 0 Å². The highest BCUT2D eigenvalue weighted by atomic mass is 16.1. The molecular formula is C12H21N3O. The Morgan fingerprint density at radius 1 is 1.62 bits per heavy atom. The molecule has 1 aliphatic heterocycles. The fourth-order valence-electron chi connectivity index (χ4n) is 2.48. The summed E-state index contributed by atoms with van der Waals surface area (Å²) in [5.41, 5.74) is 5.36. The van der Waals surface area contributed by atoms with Crippen molar-refractivity contribution in [3.05, 3.63) is 0 Å². The number of nitriles is 1. The van der Waals surface area contributed by atoms with E-state index in [1.54, 1.807) is 0 Å². The van der Waals surface area contributed by atoms with Gasteiger partial charge in [-0.05, 0) is 26.2 Å². The van der Waals surface area contributed by atoms with Crippen molar-refractivity contribution in [2.75, 3.05) is 6.54 Å². The largest absolute Gasteiger partial charge is 0.369 e. The van der Waals surface area contributed by atoms with E-state index in [0.717, 1.165) is 25.8 Å². The first-order valence-corrected chi connectivity index (χ1v) is 6.02. The van der Waals surface area contributed by atoms with Crippen LogP contribution in [0.25, 0.3) is 0 Å². The van der Waals surface area contributed by atoms with Crippen molar-refractivity contribution >= 4 is 5.91 Å². The molecule has 1 amide bonds. The Labute approximate surface area is 97.4 Å². The van der Waals surface area contributed by atoms with Gasteiger partial charge in [0.2, 0.25) is 5.91 Å². The van der Waals surface area contributed by atoms with Crippen LogP contribution in [-0.4, -0.2) is 29.4 Å². The third kappa shape index (κ3) is 2.96. The second-order valence-corrected chi connectivity index (χ2v) is 4.65. The average molecular weight is 223 g/mol. The smallest absolute Gasteiger partial charge is 0.221 e. The number of amides is 1. The zero-order valence-corrected chi connectivity index (χ0v) is 10.1. The van der Waals surface area contributed by atoms with Gasteiger partial charge in [0.15, 0.2) is 0 Å². The molecule has 0 spiro atoms. The summed E-state index contributed by atoms with van der Waals surface area (Å²) in [5, 5.41) is 8.79. The van der Waals surface area contributed by atoms with Crippen LogP contribution >= 0.6 is 0 Å². The third-order valence-electron chi connectivity index (χ3n) is 3.60. The van der Waals surface area contributed by atoms with E-state index in [-0.39, 0.29) is 17.9 Å². The van der Waals surface area contributed by atoms with E-state index in [4.69, 9.17) is 11.0 Å². The predicted octanol–water partition coefficient (Wildman–Crippen LogP) is 1.26. The Balaban J connectivity index is 2.68. The van der Waals surface area contributed by atoms with Gasteiger partial charge in [0.1, 0.15) is 0 Å². The first kappa shape index (κ1) is 13.0. The first-order chi connectivity index (χ1) is 7.60. The molecule has 4 nitrogen and oxygen atoms in total. The van der Waals surface area contributed by atoms with Gasteiger partial charge in [0, 0.05) is 18.6 Å². The van der Waals surface area contributed by atoms with Gasteiger partial charge in [-0.15, -0.1) is 0 Å². The van der Waals surface area contributed by atoms with Gasteiger partial charge in [-0.3, -0.25) is 9.69 Å². The lowest BCUT2D eigenvalue weighted by Crippen LogP contribution is -2.50. The summed E-state index contributed by atoms with van der Waals surface area (Å²) in [5.74, 6) is -0.243. The standard InChI is InChI=1S/C12H21N3O/c1-3-11(6-7-13)15-8-10(12(14)16)5-4-9(15)2/h9-11H,3-6,8H2,1-2H3,(H2,14,16). The highest BCUT2D eigenvalue weighted by Gasteiger charge is 2.32. The lowest BCUT2D eigenvalue weighted by molar-refractivity contribution is -0.124. The molecule has 0 radical (unpaired) electrons. The van der Waals surface area contributed by atoms with Gasteiger partial charge in [-0.25, -0.2) is 0 Å². The van der Waals surface area contributed by atoms with Crippen molar-refractivity contribution in [1.29, 1.82) is 5.26 Å². The van der Waals surface area contributed by atoms with Crippen molar-refractivity contribution in [3.63, 3.8) is 0 Å². The molecule has 4 heteroatoms. The molecule has 1 saturated heterocycles. The van der Waals surface area contributed by atoms with Crippen molar-refractivity contribution < 1.29 is 4.79 Å². The molecule has 0 saturated carbocycles. The normalized spacial score (nSPS) is 28.3. The number of piperidine rings is 1. The summed E-state index contributed by atoms with van der Waals surface area (Å²) in [6, 6.07) is 2.94. The van der Waals surface area contributed by atoms with Crippen molar-refractivity contribution in [2.24, 2.45) is 11.7 Å². The Bertz CT molecular complexity index is 284. The van der Waals surface area contributed by atoms with Gasteiger partial charge in [0.05, 0.1) is 18.4 Å². The quantitative estimate of drug-likeness (QED) is 0.780. The molecule has 0 aliphatic carbocycles. The number of carbonyl (C=O) groups excluding carboxylic acids is 1. The average Bonchev–Trinajstić information content (AvgIpc) is 2.26. The predicted molar refractivity (Wildman–Crippen MR) is 62.4 cm³/mol. The molecule has 16 heavy (non-hydrogen) atoms. The zero-order valence-electron chi connectivity index (χ0n) is 10.1. The third-order valence-corrected chi connectivity index (χ3v) is 3.60. The summed E-state index contributed by atoms with van der Waals surface area (Å²) in [6.45, 7) is 4.97. The van der Waals surface area contributed by atoms with Gasteiger partial charge >= 0.3 is 0 Å². The molecule has 1 fully saturated rings. The van der Waals surface area contributed by atoms with Crippen LogP contribution in [0.5, 0.6) is 0 Å². The van der Waals surface area contributed by atoms with Gasteiger partial charge in [0.25, 0.3) is 0 Å². The molecule has 1 rings (SSSR count). The maximum absolute atomic E-state index is 11.2. The summed E-state index contributed by atoms with van der Waals surface area (Å²) in [4.78, 5) is 13.5. The molecule has 3 unspecified atom stereocenters. The summed E-state index contributed by atoms with van der Waals surface area (Å²) in [7, 11) is 0. The maximum Gasteiger partial charge on any atom is 0.221 e. The van der Waals surface area contributed by atoms with Gasteiger partial charge in [-0.1, -0.05) is 6.92 Å². The number of hydrogen-bond acceptors (Lipinski definition) is 3. The number of nitrogens with zero attached hydrogens (tertiary/aromatic N) is 2. The Hall–Kier alpha value is -1.08. The molecule has 0 aromatic rings.